The molecule has 0 saturated carbocycles. The largest absolute Gasteiger partial charge is 0.487 e. The Morgan fingerprint density at radius 2 is 1.89 bits per heavy atom. The van der Waals surface area contributed by atoms with Gasteiger partial charge in [0, 0.05) is 12.7 Å². The number of aromatic nitrogens is 1. The lowest BCUT2D eigenvalue weighted by Crippen LogP contribution is -2.41. The van der Waals surface area contributed by atoms with Crippen molar-refractivity contribution in [3.05, 3.63) is 35.6 Å². The van der Waals surface area contributed by atoms with E-state index in [1.165, 1.54) is 0 Å². The molecule has 2 heterocycles. The third-order valence-corrected chi connectivity index (χ3v) is 3.78. The zero-order valence-corrected chi connectivity index (χ0v) is 12.0. The summed E-state index contributed by atoms with van der Waals surface area (Å²) in [6.07, 6.45) is 3.66. The first-order valence-corrected chi connectivity index (χ1v) is 6.53. The fraction of sp³-hybridized carbons (Fsp3) is 0.500. The highest BCUT2D eigenvalue weighted by Crippen LogP contribution is 2.36. The number of hydrogen-bond acceptors (Lipinski definition) is 4. The number of rotatable bonds is 3. The molecule has 0 unspecified atom stereocenters. The molecule has 19 heavy (non-hydrogen) atoms. The van der Waals surface area contributed by atoms with Crippen LogP contribution in [-0.2, 0) is 15.9 Å². The van der Waals surface area contributed by atoms with E-state index in [-0.39, 0.29) is 18.3 Å². The van der Waals surface area contributed by atoms with Crippen molar-refractivity contribution < 1.29 is 9.31 Å². The van der Waals surface area contributed by atoms with Gasteiger partial charge in [0.1, 0.15) is 0 Å². The second kappa shape index (κ2) is 5.08. The fourth-order valence-corrected chi connectivity index (χ4v) is 1.86. The molecule has 2 rings (SSSR count). The summed E-state index contributed by atoms with van der Waals surface area (Å²) in [5.41, 5.74) is 6.90. The molecule has 0 spiro atoms. The predicted octanol–water partition coefficient (Wildman–Crippen LogP) is 2.18. The van der Waals surface area contributed by atoms with Gasteiger partial charge in [-0.15, -0.1) is 0 Å². The van der Waals surface area contributed by atoms with E-state index in [0.29, 0.717) is 6.54 Å². The number of nitrogens with zero attached hydrogens (tertiary/aromatic N) is 1. The maximum Gasteiger partial charge on any atom is 0.487 e. The van der Waals surface area contributed by atoms with E-state index in [1.807, 2.05) is 51.9 Å². The van der Waals surface area contributed by atoms with Gasteiger partial charge in [-0.1, -0.05) is 5.98 Å². The second-order valence-corrected chi connectivity index (χ2v) is 5.78. The van der Waals surface area contributed by atoms with Crippen molar-refractivity contribution in [2.24, 2.45) is 5.73 Å². The molecule has 0 atom stereocenters. The SMILES string of the molecule is CC1(C)OB(/C=C/c2cc(CN)ccn2)OC1(C)C. The second-order valence-electron chi connectivity index (χ2n) is 5.78. The molecule has 102 valence electrons. The van der Waals surface area contributed by atoms with E-state index in [1.54, 1.807) is 6.20 Å². The highest BCUT2D eigenvalue weighted by atomic mass is 16.7. The summed E-state index contributed by atoms with van der Waals surface area (Å²) < 4.78 is 11.8. The topological polar surface area (TPSA) is 57.4 Å². The maximum absolute atomic E-state index is 5.88. The van der Waals surface area contributed by atoms with Gasteiger partial charge in [0.05, 0.1) is 16.9 Å². The van der Waals surface area contributed by atoms with Crippen LogP contribution in [0.15, 0.2) is 24.3 Å². The van der Waals surface area contributed by atoms with Gasteiger partial charge in [-0.25, -0.2) is 0 Å². The lowest BCUT2D eigenvalue weighted by molar-refractivity contribution is 0.00578. The van der Waals surface area contributed by atoms with Crippen LogP contribution in [0.1, 0.15) is 39.0 Å². The van der Waals surface area contributed by atoms with Crippen molar-refractivity contribution in [3.63, 3.8) is 0 Å². The van der Waals surface area contributed by atoms with Gasteiger partial charge >= 0.3 is 7.12 Å². The summed E-state index contributed by atoms with van der Waals surface area (Å²) in [5, 5.41) is 0. The quantitative estimate of drug-likeness (QED) is 0.846. The van der Waals surface area contributed by atoms with Crippen LogP contribution < -0.4 is 5.73 Å². The molecule has 0 aliphatic carbocycles. The predicted molar refractivity (Wildman–Crippen MR) is 77.2 cm³/mol. The van der Waals surface area contributed by atoms with Crippen LogP contribution in [0.5, 0.6) is 0 Å². The monoisotopic (exact) mass is 260 g/mol. The minimum absolute atomic E-state index is 0.311. The van der Waals surface area contributed by atoms with E-state index >= 15 is 0 Å². The molecule has 5 heteroatoms. The van der Waals surface area contributed by atoms with Crippen LogP contribution in [-0.4, -0.2) is 23.3 Å². The molecule has 1 aromatic heterocycles. The molecule has 0 radical (unpaired) electrons. The summed E-state index contributed by atoms with van der Waals surface area (Å²) in [6.45, 7) is 8.66. The number of nitrogens with two attached hydrogens (primary N) is 1. The average molecular weight is 260 g/mol. The van der Waals surface area contributed by atoms with Gasteiger partial charge in [0.2, 0.25) is 0 Å². The van der Waals surface area contributed by atoms with Crippen molar-refractivity contribution >= 4 is 13.2 Å². The fourth-order valence-electron chi connectivity index (χ4n) is 1.86. The molecule has 0 aromatic carbocycles. The van der Waals surface area contributed by atoms with Crippen LogP contribution in [0.2, 0.25) is 0 Å². The van der Waals surface area contributed by atoms with Crippen LogP contribution in [0.4, 0.5) is 0 Å². The molecular weight excluding hydrogens is 239 g/mol. The molecule has 0 amide bonds. The summed E-state index contributed by atoms with van der Waals surface area (Å²) in [5.74, 6) is 1.89. The van der Waals surface area contributed by atoms with Gasteiger partial charge in [-0.3, -0.25) is 4.98 Å². The van der Waals surface area contributed by atoms with Crippen LogP contribution in [0, 0.1) is 0 Å². The van der Waals surface area contributed by atoms with Gasteiger partial charge in [0.25, 0.3) is 0 Å². The van der Waals surface area contributed by atoms with Crippen molar-refractivity contribution in [1.29, 1.82) is 0 Å². The molecule has 1 aliphatic rings. The molecule has 2 N–H and O–H groups in total. The van der Waals surface area contributed by atoms with Crippen molar-refractivity contribution in [3.8, 4) is 0 Å². The van der Waals surface area contributed by atoms with E-state index < -0.39 is 0 Å². The molecule has 1 saturated heterocycles. The smallest absolute Gasteiger partial charge is 0.400 e. The molecule has 1 aliphatic heterocycles. The highest BCUT2D eigenvalue weighted by Gasteiger charge is 2.49. The van der Waals surface area contributed by atoms with Crippen LogP contribution in [0.3, 0.4) is 0 Å². The van der Waals surface area contributed by atoms with Gasteiger partial charge < -0.3 is 15.0 Å². The number of hydrogen-bond donors (Lipinski definition) is 1. The number of pyridine rings is 1. The van der Waals surface area contributed by atoms with Gasteiger partial charge in [-0.2, -0.15) is 0 Å². The summed E-state index contributed by atoms with van der Waals surface area (Å²) in [4.78, 5) is 4.27. The third-order valence-electron chi connectivity index (χ3n) is 3.78. The first-order chi connectivity index (χ1) is 8.84. The molecule has 4 nitrogen and oxygen atoms in total. The van der Waals surface area contributed by atoms with Crippen molar-refractivity contribution in [2.45, 2.75) is 45.4 Å². The minimum atomic E-state index is -0.340. The summed E-state index contributed by atoms with van der Waals surface area (Å²) in [7, 11) is -0.340. The van der Waals surface area contributed by atoms with Gasteiger partial charge in [-0.05, 0) is 51.5 Å². The normalized spacial score (nSPS) is 21.2. The van der Waals surface area contributed by atoms with E-state index in [2.05, 4.69) is 4.98 Å². The molecule has 1 aromatic rings. The van der Waals surface area contributed by atoms with Gasteiger partial charge in [0.15, 0.2) is 0 Å². The first-order valence-electron chi connectivity index (χ1n) is 6.53. The Kier molecular flexibility index (Phi) is 3.81. The Bertz CT molecular complexity index is 470. The zero-order valence-electron chi connectivity index (χ0n) is 12.0. The first kappa shape index (κ1) is 14.2. The Hall–Kier alpha value is -1.17. The Morgan fingerprint density at radius 3 is 2.47 bits per heavy atom. The van der Waals surface area contributed by atoms with Crippen molar-refractivity contribution in [2.75, 3.05) is 0 Å². The van der Waals surface area contributed by atoms with E-state index in [4.69, 9.17) is 15.0 Å². The molecule has 1 fully saturated rings. The molecule has 0 bridgehead atoms. The standard InChI is InChI=1S/C14H21BN2O2/c1-13(2)14(3,4)19-15(18-13)7-5-12-9-11(10-16)6-8-17-12/h5-9H,10,16H2,1-4H3/b7-5+. The van der Waals surface area contributed by atoms with Crippen molar-refractivity contribution in [1.82, 2.24) is 4.98 Å². The maximum atomic E-state index is 5.88. The summed E-state index contributed by atoms with van der Waals surface area (Å²) >= 11 is 0. The van der Waals surface area contributed by atoms with E-state index in [9.17, 15) is 0 Å². The van der Waals surface area contributed by atoms with Crippen LogP contribution in [0.25, 0.3) is 6.08 Å². The Morgan fingerprint density at radius 1 is 1.26 bits per heavy atom. The lowest BCUT2D eigenvalue weighted by atomic mass is 9.89. The molecular formula is C14H21BN2O2. The Balaban J connectivity index is 2.08. The van der Waals surface area contributed by atoms with E-state index in [0.717, 1.165) is 11.3 Å². The third kappa shape index (κ3) is 3.05. The summed E-state index contributed by atoms with van der Waals surface area (Å²) in [6, 6.07) is 3.87. The van der Waals surface area contributed by atoms with Crippen LogP contribution >= 0.6 is 0 Å². The Labute approximate surface area is 115 Å². The zero-order chi connectivity index (χ0) is 14.1. The lowest BCUT2D eigenvalue weighted by Gasteiger charge is -2.32. The highest BCUT2D eigenvalue weighted by molar-refractivity contribution is 6.52. The average Bonchev–Trinajstić information content (AvgIpc) is 2.56. The minimum Gasteiger partial charge on any atom is -0.400 e.